The van der Waals surface area contributed by atoms with E-state index in [-0.39, 0.29) is 12.2 Å². The van der Waals surface area contributed by atoms with Crippen LogP contribution in [0.5, 0.6) is 0 Å². The van der Waals surface area contributed by atoms with Crippen LogP contribution in [-0.2, 0) is 6.42 Å². The average molecular weight is 209 g/mol. The van der Waals surface area contributed by atoms with Crippen molar-refractivity contribution < 1.29 is 14.8 Å². The zero-order valence-electron chi connectivity index (χ0n) is 7.80. The summed E-state index contributed by atoms with van der Waals surface area (Å²) in [6, 6.07) is 5.95. The second-order valence-electron chi connectivity index (χ2n) is 2.89. The summed E-state index contributed by atoms with van der Waals surface area (Å²) in [6.45, 7) is 0.236. The Labute approximate surface area is 85.7 Å². The first kappa shape index (κ1) is 11.0. The number of nitro groups is 1. The average Bonchev–Trinajstić information content (AvgIpc) is 2.18. The van der Waals surface area contributed by atoms with Gasteiger partial charge >= 0.3 is 0 Å². The lowest BCUT2D eigenvalue weighted by molar-refractivity contribution is -0.384. The maximum Gasteiger partial charge on any atom is 0.269 e. The van der Waals surface area contributed by atoms with Crippen LogP contribution in [0, 0.1) is 10.1 Å². The van der Waals surface area contributed by atoms with Crippen molar-refractivity contribution in [2.45, 2.75) is 6.42 Å². The van der Waals surface area contributed by atoms with Crippen LogP contribution in [0.15, 0.2) is 24.3 Å². The van der Waals surface area contributed by atoms with Gasteiger partial charge in [0.05, 0.1) is 4.92 Å². The van der Waals surface area contributed by atoms with Crippen LogP contribution < -0.4 is 10.4 Å². The molecule has 15 heavy (non-hydrogen) atoms. The van der Waals surface area contributed by atoms with Crippen molar-refractivity contribution in [1.82, 2.24) is 5.32 Å². The van der Waals surface area contributed by atoms with Gasteiger partial charge in [0.2, 0.25) is 0 Å². The molecular weight excluding hydrogens is 200 g/mol. The molecule has 6 heteroatoms. The number of nitrogens with one attached hydrogen (secondary N) is 1. The fourth-order valence-electron chi connectivity index (χ4n) is 1.09. The van der Waals surface area contributed by atoms with Crippen LogP contribution in [-0.4, -0.2) is 17.6 Å². The van der Waals surface area contributed by atoms with E-state index < -0.39 is 11.0 Å². The van der Waals surface area contributed by atoms with Gasteiger partial charge in [0.1, 0.15) is 6.09 Å². The number of nitrogens with zero attached hydrogens (tertiary/aromatic N) is 1. The number of carboxylic acid groups (broad SMARTS) is 1. The van der Waals surface area contributed by atoms with E-state index in [1.807, 2.05) is 0 Å². The topological polar surface area (TPSA) is 95.3 Å². The van der Waals surface area contributed by atoms with Gasteiger partial charge < -0.3 is 15.2 Å². The van der Waals surface area contributed by atoms with Crippen molar-refractivity contribution in [2.75, 3.05) is 6.54 Å². The van der Waals surface area contributed by atoms with Crippen molar-refractivity contribution in [3.05, 3.63) is 39.9 Å². The molecule has 0 radical (unpaired) electrons. The number of carbonyl (C=O) groups is 1. The maximum atomic E-state index is 10.3. The molecule has 0 aliphatic carbocycles. The number of carbonyl (C=O) groups excluding carboxylic acids is 1. The number of hydrogen-bond acceptors (Lipinski definition) is 4. The first-order chi connectivity index (χ1) is 7.09. The fourth-order valence-corrected chi connectivity index (χ4v) is 1.09. The summed E-state index contributed by atoms with van der Waals surface area (Å²) < 4.78 is 0. The third-order valence-electron chi connectivity index (χ3n) is 1.83. The Morgan fingerprint density at radius 1 is 1.33 bits per heavy atom. The molecule has 1 aromatic carbocycles. The molecule has 1 amide bonds. The molecule has 1 N–H and O–H groups in total. The molecule has 0 atom stereocenters. The van der Waals surface area contributed by atoms with Gasteiger partial charge in [0.15, 0.2) is 0 Å². The molecule has 80 valence electrons. The molecule has 1 aromatic rings. The maximum absolute atomic E-state index is 10.3. The fraction of sp³-hybridized carbons (Fsp3) is 0.222. The predicted octanol–water partition coefficient (Wildman–Crippen LogP) is 0.0702. The van der Waals surface area contributed by atoms with Gasteiger partial charge in [-0.15, -0.1) is 0 Å². The van der Waals surface area contributed by atoms with Crippen LogP contribution in [0.4, 0.5) is 10.5 Å². The van der Waals surface area contributed by atoms with Gasteiger partial charge in [-0.2, -0.15) is 0 Å². The highest BCUT2D eigenvalue weighted by molar-refractivity contribution is 5.61. The summed E-state index contributed by atoms with van der Waals surface area (Å²) in [5.41, 5.74) is 0.848. The summed E-state index contributed by atoms with van der Waals surface area (Å²) in [6.07, 6.45) is -0.844. The van der Waals surface area contributed by atoms with Crippen LogP contribution in [0.1, 0.15) is 5.56 Å². The minimum absolute atomic E-state index is 0.0200. The molecule has 0 fully saturated rings. The highest BCUT2D eigenvalue weighted by Crippen LogP contribution is 2.11. The number of benzene rings is 1. The van der Waals surface area contributed by atoms with Crippen LogP contribution in [0.3, 0.4) is 0 Å². The lowest BCUT2D eigenvalue weighted by atomic mass is 10.1. The number of rotatable bonds is 4. The predicted molar refractivity (Wildman–Crippen MR) is 50.2 cm³/mol. The van der Waals surface area contributed by atoms with E-state index >= 15 is 0 Å². The lowest BCUT2D eigenvalue weighted by Gasteiger charge is -2.05. The molecule has 6 nitrogen and oxygen atoms in total. The van der Waals surface area contributed by atoms with Crippen LogP contribution in [0.25, 0.3) is 0 Å². The molecule has 0 bridgehead atoms. The molecule has 0 spiro atoms. The highest BCUT2D eigenvalue weighted by Gasteiger charge is 2.03. The normalized spacial score (nSPS) is 9.60. The lowest BCUT2D eigenvalue weighted by Crippen LogP contribution is -2.37. The van der Waals surface area contributed by atoms with E-state index in [1.54, 1.807) is 12.1 Å². The van der Waals surface area contributed by atoms with Crippen LogP contribution >= 0.6 is 0 Å². The molecule has 0 aromatic heterocycles. The van der Waals surface area contributed by atoms with Gasteiger partial charge in [0.25, 0.3) is 5.69 Å². The molecule has 0 saturated heterocycles. The Morgan fingerprint density at radius 2 is 1.93 bits per heavy atom. The standard InChI is InChI=1S/C9H10N2O4/c12-9(13)10-6-5-7-1-3-8(4-2-7)11(14)15/h1-4,10H,5-6H2,(H,12,13)/p-1. The van der Waals surface area contributed by atoms with Crippen molar-refractivity contribution in [2.24, 2.45) is 0 Å². The minimum Gasteiger partial charge on any atom is -0.530 e. The molecule has 0 aliphatic rings. The summed E-state index contributed by atoms with van der Waals surface area (Å²) >= 11 is 0. The minimum atomic E-state index is -1.32. The Kier molecular flexibility index (Phi) is 3.61. The molecule has 0 unspecified atom stereocenters. The monoisotopic (exact) mass is 209 g/mol. The highest BCUT2D eigenvalue weighted by atomic mass is 16.6. The van der Waals surface area contributed by atoms with Crippen molar-refractivity contribution >= 4 is 11.8 Å². The molecule has 0 saturated carbocycles. The van der Waals surface area contributed by atoms with Gasteiger partial charge in [0, 0.05) is 18.7 Å². The van der Waals surface area contributed by atoms with Gasteiger partial charge in [-0.1, -0.05) is 12.1 Å². The quantitative estimate of drug-likeness (QED) is 0.560. The van der Waals surface area contributed by atoms with E-state index in [2.05, 4.69) is 5.32 Å². The number of nitro benzene ring substituents is 1. The summed E-state index contributed by atoms with van der Waals surface area (Å²) in [4.78, 5) is 19.9. The van der Waals surface area contributed by atoms with Gasteiger partial charge in [-0.25, -0.2) is 0 Å². The molecular formula is C9H9N2O4-. The van der Waals surface area contributed by atoms with Crippen molar-refractivity contribution in [3.63, 3.8) is 0 Å². The first-order valence-electron chi connectivity index (χ1n) is 4.28. The summed E-state index contributed by atoms with van der Waals surface area (Å²) in [5, 5.41) is 22.4. The van der Waals surface area contributed by atoms with E-state index in [1.165, 1.54) is 12.1 Å². The third kappa shape index (κ3) is 3.63. The summed E-state index contributed by atoms with van der Waals surface area (Å²) in [7, 11) is 0. The van der Waals surface area contributed by atoms with E-state index in [9.17, 15) is 20.0 Å². The van der Waals surface area contributed by atoms with Crippen molar-refractivity contribution in [1.29, 1.82) is 0 Å². The largest absolute Gasteiger partial charge is 0.530 e. The third-order valence-corrected chi connectivity index (χ3v) is 1.83. The zero-order valence-corrected chi connectivity index (χ0v) is 7.80. The van der Waals surface area contributed by atoms with E-state index in [0.29, 0.717) is 6.42 Å². The van der Waals surface area contributed by atoms with Gasteiger partial charge in [-0.3, -0.25) is 10.1 Å². The second-order valence-corrected chi connectivity index (χ2v) is 2.89. The SMILES string of the molecule is O=C([O-])NCCc1ccc([N+](=O)[O-])cc1. The van der Waals surface area contributed by atoms with Crippen LogP contribution in [0.2, 0.25) is 0 Å². The molecule has 0 aliphatic heterocycles. The smallest absolute Gasteiger partial charge is 0.269 e. The number of non-ortho nitro benzene ring substituents is 1. The van der Waals surface area contributed by atoms with Crippen molar-refractivity contribution in [3.8, 4) is 0 Å². The zero-order chi connectivity index (χ0) is 11.3. The Morgan fingerprint density at radius 3 is 2.40 bits per heavy atom. The Bertz CT molecular complexity index is 361. The molecule has 1 rings (SSSR count). The number of hydrogen-bond donors (Lipinski definition) is 1. The first-order valence-corrected chi connectivity index (χ1v) is 4.28. The molecule has 0 heterocycles. The Balaban J connectivity index is 2.50. The van der Waals surface area contributed by atoms with E-state index in [0.717, 1.165) is 5.56 Å². The number of amides is 1. The second kappa shape index (κ2) is 4.94. The van der Waals surface area contributed by atoms with Gasteiger partial charge in [-0.05, 0) is 12.0 Å². The van der Waals surface area contributed by atoms with E-state index in [4.69, 9.17) is 0 Å². The summed E-state index contributed by atoms with van der Waals surface area (Å²) in [5.74, 6) is 0. The Hall–Kier alpha value is -2.11.